The molecule has 0 spiro atoms. The van der Waals surface area contributed by atoms with E-state index >= 15 is 0 Å². The third-order valence-corrected chi connectivity index (χ3v) is 5.39. The molecule has 5 nitrogen and oxygen atoms in total. The summed E-state index contributed by atoms with van der Waals surface area (Å²) in [5, 5.41) is 0. The Hall–Kier alpha value is -2.04. The number of carbonyl (C=O) groups is 2. The number of amides is 2. The highest BCUT2D eigenvalue weighted by Crippen LogP contribution is 2.32. The number of likely N-dealkylation sites (tertiary alicyclic amines) is 1. The molecule has 0 aromatic heterocycles. The second-order valence-electron chi connectivity index (χ2n) is 7.24. The van der Waals surface area contributed by atoms with Crippen molar-refractivity contribution in [3.63, 3.8) is 0 Å². The molecule has 2 heterocycles. The van der Waals surface area contributed by atoms with Crippen LogP contribution < -0.4 is 4.90 Å². The number of benzene rings is 1. The van der Waals surface area contributed by atoms with Gasteiger partial charge in [-0.15, -0.1) is 0 Å². The minimum Gasteiger partial charge on any atom is -0.370 e. The maximum atomic E-state index is 12.8. The molecule has 130 valence electrons. The number of fused-ring (bicyclic) bond motifs is 1. The van der Waals surface area contributed by atoms with Crippen molar-refractivity contribution >= 4 is 17.5 Å². The van der Waals surface area contributed by atoms with Gasteiger partial charge in [0.15, 0.2) is 0 Å². The molecule has 2 amide bonds. The number of para-hydroxylation sites is 1. The molecule has 2 aliphatic heterocycles. The molecule has 0 unspecified atom stereocenters. The summed E-state index contributed by atoms with van der Waals surface area (Å²) in [6, 6.07) is 8.40. The van der Waals surface area contributed by atoms with Gasteiger partial charge < -0.3 is 14.7 Å². The first-order valence-electron chi connectivity index (χ1n) is 8.78. The molecule has 0 bridgehead atoms. The first kappa shape index (κ1) is 16.8. The maximum absolute atomic E-state index is 12.8. The third-order valence-electron chi connectivity index (χ3n) is 5.39. The van der Waals surface area contributed by atoms with Crippen LogP contribution in [0.15, 0.2) is 24.3 Å². The number of anilines is 1. The normalized spacial score (nSPS) is 22.6. The fraction of sp³-hybridized carbons (Fsp3) is 0.579. The van der Waals surface area contributed by atoms with E-state index in [9.17, 15) is 9.59 Å². The van der Waals surface area contributed by atoms with Crippen LogP contribution in [0.25, 0.3) is 0 Å². The van der Waals surface area contributed by atoms with Crippen LogP contribution in [0, 0.1) is 0 Å². The highest BCUT2D eigenvalue weighted by Gasteiger charge is 2.46. The van der Waals surface area contributed by atoms with Gasteiger partial charge in [-0.2, -0.15) is 0 Å². The van der Waals surface area contributed by atoms with Gasteiger partial charge in [0.05, 0.1) is 0 Å². The van der Waals surface area contributed by atoms with Gasteiger partial charge in [0, 0.05) is 45.8 Å². The lowest BCUT2D eigenvalue weighted by molar-refractivity contribution is -0.148. The number of hydrogen-bond donors (Lipinski definition) is 0. The maximum Gasteiger partial charge on any atom is 0.247 e. The van der Waals surface area contributed by atoms with Crippen molar-refractivity contribution in [2.45, 2.75) is 38.1 Å². The van der Waals surface area contributed by atoms with E-state index < -0.39 is 5.54 Å². The summed E-state index contributed by atoms with van der Waals surface area (Å²) in [7, 11) is 3.52. The summed E-state index contributed by atoms with van der Waals surface area (Å²) >= 11 is 0. The molecule has 2 aliphatic rings. The van der Waals surface area contributed by atoms with Gasteiger partial charge in [-0.05, 0) is 37.8 Å². The number of nitrogens with zero attached hydrogens (tertiary/aromatic N) is 3. The van der Waals surface area contributed by atoms with E-state index in [1.165, 1.54) is 11.3 Å². The van der Waals surface area contributed by atoms with Crippen molar-refractivity contribution in [1.29, 1.82) is 0 Å². The van der Waals surface area contributed by atoms with E-state index in [2.05, 4.69) is 23.1 Å². The van der Waals surface area contributed by atoms with Crippen LogP contribution in [0.1, 0.15) is 31.7 Å². The van der Waals surface area contributed by atoms with Crippen LogP contribution in [0.4, 0.5) is 5.69 Å². The number of likely N-dealkylation sites (N-methyl/N-ethyl adjacent to an activating group) is 1. The number of hydrogen-bond acceptors (Lipinski definition) is 3. The molecule has 1 fully saturated rings. The summed E-state index contributed by atoms with van der Waals surface area (Å²) in [6.45, 7) is 4.29. The smallest absolute Gasteiger partial charge is 0.247 e. The second-order valence-corrected chi connectivity index (χ2v) is 7.24. The van der Waals surface area contributed by atoms with E-state index in [0.29, 0.717) is 13.0 Å². The van der Waals surface area contributed by atoms with E-state index in [-0.39, 0.29) is 11.8 Å². The van der Waals surface area contributed by atoms with Gasteiger partial charge >= 0.3 is 0 Å². The SMILES string of the molecule is CN(C)C(=O)[C@]1(C)CCCN1C(=O)CCN1CCc2ccccc21. The largest absolute Gasteiger partial charge is 0.370 e. The predicted octanol–water partition coefficient (Wildman–Crippen LogP) is 1.91. The third kappa shape index (κ3) is 2.87. The molecule has 0 radical (unpaired) electrons. The standard InChI is InChI=1S/C19H27N3O2/c1-19(18(24)20(2)3)11-6-12-22(19)17(23)10-14-21-13-9-15-7-4-5-8-16(15)21/h4-5,7-8H,6,9-14H2,1-3H3/t19-/m0/s1. The Morgan fingerprint density at radius 2 is 1.96 bits per heavy atom. The number of rotatable bonds is 4. The van der Waals surface area contributed by atoms with E-state index in [1.54, 1.807) is 23.9 Å². The minimum absolute atomic E-state index is 0.0277. The van der Waals surface area contributed by atoms with Crippen LogP contribution in [0.3, 0.4) is 0 Å². The second kappa shape index (κ2) is 6.46. The van der Waals surface area contributed by atoms with Crippen molar-refractivity contribution in [2.75, 3.05) is 38.6 Å². The van der Waals surface area contributed by atoms with Gasteiger partial charge in [0.25, 0.3) is 0 Å². The summed E-state index contributed by atoms with van der Waals surface area (Å²) < 4.78 is 0. The monoisotopic (exact) mass is 329 g/mol. The van der Waals surface area contributed by atoms with Crippen LogP contribution in [0.5, 0.6) is 0 Å². The van der Waals surface area contributed by atoms with Crippen molar-refractivity contribution in [2.24, 2.45) is 0 Å². The lowest BCUT2D eigenvalue weighted by atomic mass is 9.97. The Bertz CT molecular complexity index is 643. The minimum atomic E-state index is -0.677. The molecule has 1 saturated heterocycles. The van der Waals surface area contributed by atoms with Crippen LogP contribution in [-0.4, -0.2) is 60.9 Å². The summed E-state index contributed by atoms with van der Waals surface area (Å²) in [6.07, 6.45) is 3.16. The van der Waals surface area contributed by atoms with Crippen molar-refractivity contribution in [3.8, 4) is 0 Å². The zero-order valence-electron chi connectivity index (χ0n) is 14.9. The van der Waals surface area contributed by atoms with Crippen molar-refractivity contribution in [1.82, 2.24) is 9.80 Å². The average molecular weight is 329 g/mol. The quantitative estimate of drug-likeness (QED) is 0.847. The van der Waals surface area contributed by atoms with E-state index in [4.69, 9.17) is 0 Å². The molecule has 0 saturated carbocycles. The van der Waals surface area contributed by atoms with Gasteiger partial charge in [-0.1, -0.05) is 18.2 Å². The van der Waals surface area contributed by atoms with Crippen LogP contribution in [0.2, 0.25) is 0 Å². The summed E-state index contributed by atoms with van der Waals surface area (Å²) in [4.78, 5) is 31.0. The molecule has 3 rings (SSSR count). The fourth-order valence-corrected chi connectivity index (χ4v) is 4.07. The summed E-state index contributed by atoms with van der Waals surface area (Å²) in [5.74, 6) is 0.120. The fourth-order valence-electron chi connectivity index (χ4n) is 4.07. The average Bonchev–Trinajstić information content (AvgIpc) is 3.16. The molecule has 1 atom stereocenters. The highest BCUT2D eigenvalue weighted by atomic mass is 16.2. The summed E-state index contributed by atoms with van der Waals surface area (Å²) in [5.41, 5.74) is 1.93. The number of carbonyl (C=O) groups excluding carboxylic acids is 2. The highest BCUT2D eigenvalue weighted by molar-refractivity contribution is 5.91. The molecular formula is C19H27N3O2. The van der Waals surface area contributed by atoms with Crippen molar-refractivity contribution < 1.29 is 9.59 Å². The Balaban J connectivity index is 1.64. The lowest BCUT2D eigenvalue weighted by Crippen LogP contribution is -2.55. The molecule has 0 aliphatic carbocycles. The molecule has 1 aromatic rings. The van der Waals surface area contributed by atoms with E-state index in [1.807, 2.05) is 13.0 Å². The Morgan fingerprint density at radius 1 is 1.21 bits per heavy atom. The van der Waals surface area contributed by atoms with E-state index in [0.717, 1.165) is 32.4 Å². The molecule has 5 heteroatoms. The van der Waals surface area contributed by atoms with Gasteiger partial charge in [0.2, 0.25) is 11.8 Å². The molecule has 1 aromatic carbocycles. The molecule has 24 heavy (non-hydrogen) atoms. The Kier molecular flexibility index (Phi) is 4.52. The lowest BCUT2D eigenvalue weighted by Gasteiger charge is -2.36. The topological polar surface area (TPSA) is 43.9 Å². The molecule has 0 N–H and O–H groups in total. The van der Waals surface area contributed by atoms with Gasteiger partial charge in [-0.3, -0.25) is 9.59 Å². The zero-order valence-corrected chi connectivity index (χ0v) is 14.9. The van der Waals surface area contributed by atoms with Crippen LogP contribution >= 0.6 is 0 Å². The van der Waals surface area contributed by atoms with Crippen LogP contribution in [-0.2, 0) is 16.0 Å². The predicted molar refractivity (Wildman–Crippen MR) is 95.0 cm³/mol. The van der Waals surface area contributed by atoms with Gasteiger partial charge in [-0.25, -0.2) is 0 Å². The first-order chi connectivity index (χ1) is 11.4. The van der Waals surface area contributed by atoms with Crippen molar-refractivity contribution in [3.05, 3.63) is 29.8 Å². The Morgan fingerprint density at radius 3 is 2.71 bits per heavy atom. The first-order valence-corrected chi connectivity index (χ1v) is 8.78. The zero-order chi connectivity index (χ0) is 17.3. The molecular weight excluding hydrogens is 302 g/mol. The Labute approximate surface area is 144 Å². The van der Waals surface area contributed by atoms with Gasteiger partial charge in [0.1, 0.15) is 5.54 Å².